The van der Waals surface area contributed by atoms with Crippen LogP contribution < -0.4 is 5.32 Å². The number of urea groups is 1. The number of amides is 2. The van der Waals surface area contributed by atoms with Crippen molar-refractivity contribution in [1.29, 1.82) is 0 Å². The molecule has 3 rings (SSSR count). The zero-order valence-electron chi connectivity index (χ0n) is 15.0. The summed E-state index contributed by atoms with van der Waals surface area (Å²) in [6.07, 6.45) is 4.21. The highest BCUT2D eigenvalue weighted by atomic mass is 16.2. The molecule has 1 aliphatic rings. The van der Waals surface area contributed by atoms with Gasteiger partial charge in [0.05, 0.1) is 6.54 Å². The lowest BCUT2D eigenvalue weighted by atomic mass is 9.87. The fourth-order valence-electron chi connectivity index (χ4n) is 2.84. The Kier molecular flexibility index (Phi) is 4.39. The minimum atomic E-state index is -0.0118. The number of nitrogens with one attached hydrogen (secondary N) is 1. The van der Waals surface area contributed by atoms with Gasteiger partial charge >= 0.3 is 6.03 Å². The topological polar surface area (TPSA) is 37.3 Å². The second-order valence-corrected chi connectivity index (χ2v) is 7.73. The summed E-state index contributed by atoms with van der Waals surface area (Å²) < 4.78 is 2.07. The van der Waals surface area contributed by atoms with Crippen molar-refractivity contribution in [2.45, 2.75) is 51.6 Å². The van der Waals surface area contributed by atoms with Crippen molar-refractivity contribution in [3.8, 4) is 0 Å². The first-order valence-electron chi connectivity index (χ1n) is 8.63. The average molecular weight is 325 g/mol. The van der Waals surface area contributed by atoms with Gasteiger partial charge in [-0.2, -0.15) is 0 Å². The lowest BCUT2D eigenvalue weighted by molar-refractivity contribution is 0.205. The van der Waals surface area contributed by atoms with Crippen LogP contribution in [0, 0.1) is 0 Å². The molecule has 0 bridgehead atoms. The molecular formula is C20H27N3O. The van der Waals surface area contributed by atoms with E-state index in [9.17, 15) is 4.79 Å². The third kappa shape index (κ3) is 3.81. The molecule has 128 valence electrons. The molecule has 1 N–H and O–H groups in total. The molecule has 0 aliphatic heterocycles. The van der Waals surface area contributed by atoms with E-state index in [0.29, 0.717) is 12.6 Å². The monoisotopic (exact) mass is 325 g/mol. The van der Waals surface area contributed by atoms with E-state index < -0.39 is 0 Å². The van der Waals surface area contributed by atoms with E-state index in [1.807, 2.05) is 36.3 Å². The lowest BCUT2D eigenvalue weighted by Gasteiger charge is -2.24. The normalized spacial score (nSPS) is 14.5. The van der Waals surface area contributed by atoms with E-state index >= 15 is 0 Å². The molecule has 0 atom stereocenters. The van der Waals surface area contributed by atoms with Crippen LogP contribution in [0.2, 0.25) is 0 Å². The molecule has 0 unspecified atom stereocenters. The summed E-state index contributed by atoms with van der Waals surface area (Å²) >= 11 is 0. The first-order valence-corrected chi connectivity index (χ1v) is 8.63. The van der Waals surface area contributed by atoms with Crippen molar-refractivity contribution in [1.82, 2.24) is 9.47 Å². The Morgan fingerprint density at radius 1 is 1.21 bits per heavy atom. The molecule has 0 saturated heterocycles. The predicted octanol–water partition coefficient (Wildman–Crippen LogP) is 4.52. The molecule has 1 fully saturated rings. The van der Waals surface area contributed by atoms with Crippen molar-refractivity contribution in [3.05, 3.63) is 53.9 Å². The number of carbonyl (C=O) groups excluding carboxylic acids is 1. The molecule has 24 heavy (non-hydrogen) atoms. The third-order valence-electron chi connectivity index (χ3n) is 4.63. The number of anilines is 1. The van der Waals surface area contributed by atoms with Gasteiger partial charge in [0.2, 0.25) is 0 Å². The standard InChI is InChI=1S/C20H27N3O/c1-20(2,3)15-7-9-16(10-8-15)21-19(24)23(17-11-12-17)14-18-6-5-13-22(18)4/h5-10,13,17H,11-12,14H2,1-4H3,(H,21,24). The summed E-state index contributed by atoms with van der Waals surface area (Å²) in [5.74, 6) is 0. The molecule has 1 aromatic heterocycles. The smallest absolute Gasteiger partial charge is 0.322 e. The van der Waals surface area contributed by atoms with Crippen LogP contribution in [0.4, 0.5) is 10.5 Å². The Balaban J connectivity index is 1.69. The van der Waals surface area contributed by atoms with Crippen LogP contribution in [0.5, 0.6) is 0 Å². The van der Waals surface area contributed by atoms with Crippen molar-refractivity contribution < 1.29 is 4.79 Å². The maximum atomic E-state index is 12.7. The van der Waals surface area contributed by atoms with Crippen molar-refractivity contribution in [2.75, 3.05) is 5.32 Å². The number of rotatable bonds is 4. The summed E-state index contributed by atoms with van der Waals surface area (Å²) in [6, 6.07) is 12.6. The first kappa shape index (κ1) is 16.6. The van der Waals surface area contributed by atoms with Crippen molar-refractivity contribution in [3.63, 3.8) is 0 Å². The van der Waals surface area contributed by atoms with Crippen LogP contribution in [0.15, 0.2) is 42.6 Å². The van der Waals surface area contributed by atoms with E-state index in [-0.39, 0.29) is 11.4 Å². The van der Waals surface area contributed by atoms with Gasteiger partial charge in [-0.3, -0.25) is 0 Å². The number of carbonyl (C=O) groups is 1. The van der Waals surface area contributed by atoms with Crippen molar-refractivity contribution in [2.24, 2.45) is 7.05 Å². The van der Waals surface area contributed by atoms with Crippen LogP contribution in [-0.4, -0.2) is 21.5 Å². The first-order chi connectivity index (χ1) is 11.3. The molecular weight excluding hydrogens is 298 g/mol. The van der Waals surface area contributed by atoms with E-state index in [2.05, 4.69) is 48.9 Å². The molecule has 1 saturated carbocycles. The molecule has 0 radical (unpaired) electrons. The Hall–Kier alpha value is -2.23. The van der Waals surface area contributed by atoms with Gasteiger partial charge in [0, 0.05) is 30.7 Å². The third-order valence-corrected chi connectivity index (χ3v) is 4.63. The molecule has 0 spiro atoms. The second-order valence-electron chi connectivity index (χ2n) is 7.73. The maximum absolute atomic E-state index is 12.7. The zero-order valence-corrected chi connectivity index (χ0v) is 15.0. The minimum absolute atomic E-state index is 0.0118. The summed E-state index contributed by atoms with van der Waals surface area (Å²) in [5, 5.41) is 3.05. The second kappa shape index (κ2) is 6.34. The largest absolute Gasteiger partial charge is 0.353 e. The minimum Gasteiger partial charge on any atom is -0.353 e. The fraction of sp³-hybridized carbons (Fsp3) is 0.450. The molecule has 1 aliphatic carbocycles. The van der Waals surface area contributed by atoms with Gasteiger partial charge < -0.3 is 14.8 Å². The van der Waals surface area contributed by atoms with E-state index in [1.54, 1.807) is 0 Å². The highest BCUT2D eigenvalue weighted by Crippen LogP contribution is 2.29. The van der Waals surface area contributed by atoms with Gasteiger partial charge in [-0.1, -0.05) is 32.9 Å². The highest BCUT2D eigenvalue weighted by Gasteiger charge is 2.33. The molecule has 1 aromatic carbocycles. The molecule has 4 heteroatoms. The number of aryl methyl sites for hydroxylation is 1. The summed E-state index contributed by atoms with van der Waals surface area (Å²) in [7, 11) is 2.02. The van der Waals surface area contributed by atoms with Crippen LogP contribution in [-0.2, 0) is 19.0 Å². The van der Waals surface area contributed by atoms with Crippen molar-refractivity contribution >= 4 is 11.7 Å². The fourth-order valence-corrected chi connectivity index (χ4v) is 2.84. The van der Waals surface area contributed by atoms with Crippen LogP contribution in [0.1, 0.15) is 44.9 Å². The Morgan fingerprint density at radius 3 is 2.38 bits per heavy atom. The number of hydrogen-bond donors (Lipinski definition) is 1. The summed E-state index contributed by atoms with van der Waals surface area (Å²) in [6.45, 7) is 7.22. The Morgan fingerprint density at radius 2 is 1.88 bits per heavy atom. The highest BCUT2D eigenvalue weighted by molar-refractivity contribution is 5.89. The van der Waals surface area contributed by atoms with Gasteiger partial charge in [-0.15, -0.1) is 0 Å². The predicted molar refractivity (Wildman–Crippen MR) is 98.1 cm³/mol. The number of aromatic nitrogens is 1. The Labute approximate surface area is 144 Å². The van der Waals surface area contributed by atoms with E-state index in [4.69, 9.17) is 0 Å². The van der Waals surface area contributed by atoms with E-state index in [1.165, 1.54) is 5.56 Å². The summed E-state index contributed by atoms with van der Waals surface area (Å²) in [5.41, 5.74) is 3.39. The van der Waals surface area contributed by atoms with Gasteiger partial charge in [0.25, 0.3) is 0 Å². The van der Waals surface area contributed by atoms with Gasteiger partial charge in [0.15, 0.2) is 0 Å². The van der Waals surface area contributed by atoms with Crippen LogP contribution in [0.3, 0.4) is 0 Å². The summed E-state index contributed by atoms with van der Waals surface area (Å²) in [4.78, 5) is 14.7. The van der Waals surface area contributed by atoms with Crippen LogP contribution in [0.25, 0.3) is 0 Å². The lowest BCUT2D eigenvalue weighted by Crippen LogP contribution is -2.36. The quantitative estimate of drug-likeness (QED) is 0.881. The molecule has 4 nitrogen and oxygen atoms in total. The number of benzene rings is 1. The van der Waals surface area contributed by atoms with Crippen LogP contribution >= 0.6 is 0 Å². The van der Waals surface area contributed by atoms with E-state index in [0.717, 1.165) is 24.2 Å². The maximum Gasteiger partial charge on any atom is 0.322 e. The molecule has 2 amide bonds. The SMILES string of the molecule is Cn1cccc1CN(C(=O)Nc1ccc(C(C)(C)C)cc1)C1CC1. The number of hydrogen-bond acceptors (Lipinski definition) is 1. The van der Waals surface area contributed by atoms with Gasteiger partial charge in [-0.05, 0) is 48.1 Å². The average Bonchev–Trinajstić information content (AvgIpc) is 3.27. The molecule has 1 heterocycles. The Bertz CT molecular complexity index is 705. The number of nitrogens with zero attached hydrogens (tertiary/aromatic N) is 2. The zero-order chi connectivity index (χ0) is 17.3. The van der Waals surface area contributed by atoms with Gasteiger partial charge in [0.1, 0.15) is 0 Å². The van der Waals surface area contributed by atoms with Gasteiger partial charge in [-0.25, -0.2) is 4.79 Å². The molecule has 2 aromatic rings.